The Morgan fingerprint density at radius 2 is 2.45 bits per heavy atom. The molecule has 1 heterocycles. The van der Waals surface area contributed by atoms with Gasteiger partial charge in [0.05, 0.1) is 5.02 Å². The van der Waals surface area contributed by atoms with Crippen LogP contribution in [0.2, 0.25) is 5.02 Å². The van der Waals surface area contributed by atoms with Crippen LogP contribution in [0.1, 0.15) is 5.56 Å². The lowest BCUT2D eigenvalue weighted by Gasteiger charge is -2.00. The summed E-state index contributed by atoms with van der Waals surface area (Å²) in [5.41, 5.74) is 2.67. The van der Waals surface area contributed by atoms with E-state index >= 15 is 0 Å². The summed E-state index contributed by atoms with van der Waals surface area (Å²) in [7, 11) is 0. The third-order valence-corrected chi connectivity index (χ3v) is 1.38. The minimum atomic E-state index is -0.549. The van der Waals surface area contributed by atoms with Crippen LogP contribution >= 0.6 is 11.6 Å². The third-order valence-electron chi connectivity index (χ3n) is 1.17. The summed E-state index contributed by atoms with van der Waals surface area (Å²) in [6, 6.07) is 1.48. The first-order chi connectivity index (χ1) is 5.24. The number of halogens is 2. The summed E-state index contributed by atoms with van der Waals surface area (Å²) >= 11 is 5.55. The van der Waals surface area contributed by atoms with Gasteiger partial charge in [-0.15, -0.1) is 0 Å². The summed E-state index contributed by atoms with van der Waals surface area (Å²) in [5.74, 6) is 4.44. The number of nitrogens with zero attached hydrogens (tertiary/aromatic N) is 1. The standard InChI is InChI=1S/C6H7ClFN3/c7-5-1-4(2-11-9)6(8)10-3-5/h1,3,11H,2,9H2. The molecule has 0 unspecified atom stereocenters. The monoisotopic (exact) mass is 175 g/mol. The maximum absolute atomic E-state index is 12.7. The molecule has 5 heteroatoms. The first-order valence-electron chi connectivity index (χ1n) is 2.97. The lowest BCUT2D eigenvalue weighted by atomic mass is 10.3. The van der Waals surface area contributed by atoms with Gasteiger partial charge in [-0.3, -0.25) is 11.3 Å². The second-order valence-corrected chi connectivity index (χ2v) is 2.42. The van der Waals surface area contributed by atoms with Gasteiger partial charge in [0, 0.05) is 18.3 Å². The Balaban J connectivity index is 2.93. The zero-order valence-corrected chi connectivity index (χ0v) is 6.40. The van der Waals surface area contributed by atoms with Gasteiger partial charge in [-0.25, -0.2) is 4.98 Å². The molecule has 0 bridgehead atoms. The van der Waals surface area contributed by atoms with Crippen LogP contribution in [0.15, 0.2) is 12.3 Å². The highest BCUT2D eigenvalue weighted by atomic mass is 35.5. The van der Waals surface area contributed by atoms with Crippen LogP contribution in [-0.4, -0.2) is 4.98 Å². The second-order valence-electron chi connectivity index (χ2n) is 1.98. The van der Waals surface area contributed by atoms with Crippen LogP contribution in [0, 0.1) is 5.95 Å². The highest BCUT2D eigenvalue weighted by Crippen LogP contribution is 2.11. The zero-order chi connectivity index (χ0) is 8.27. The van der Waals surface area contributed by atoms with Gasteiger partial charge in [0.2, 0.25) is 5.95 Å². The van der Waals surface area contributed by atoms with E-state index in [1.165, 1.54) is 12.3 Å². The van der Waals surface area contributed by atoms with Crippen molar-refractivity contribution >= 4 is 11.6 Å². The Hall–Kier alpha value is -0.710. The van der Waals surface area contributed by atoms with Crippen LogP contribution in [0.3, 0.4) is 0 Å². The summed E-state index contributed by atoms with van der Waals surface area (Å²) in [4.78, 5) is 3.40. The normalized spacial score (nSPS) is 10.1. The molecule has 0 amide bonds. The number of rotatable bonds is 2. The van der Waals surface area contributed by atoms with E-state index in [0.29, 0.717) is 10.6 Å². The van der Waals surface area contributed by atoms with Crippen LogP contribution < -0.4 is 11.3 Å². The Morgan fingerprint density at radius 1 is 1.73 bits per heavy atom. The van der Waals surface area contributed by atoms with Crippen molar-refractivity contribution in [3.63, 3.8) is 0 Å². The fraction of sp³-hybridized carbons (Fsp3) is 0.167. The molecule has 0 aliphatic rings. The zero-order valence-electron chi connectivity index (χ0n) is 5.64. The Kier molecular flexibility index (Phi) is 2.76. The van der Waals surface area contributed by atoms with Gasteiger partial charge in [0.1, 0.15) is 0 Å². The smallest absolute Gasteiger partial charge is 0.217 e. The van der Waals surface area contributed by atoms with E-state index in [1.807, 2.05) is 0 Å². The fourth-order valence-electron chi connectivity index (χ4n) is 0.698. The Bertz CT molecular complexity index is 254. The topological polar surface area (TPSA) is 50.9 Å². The highest BCUT2D eigenvalue weighted by molar-refractivity contribution is 6.30. The molecule has 1 rings (SSSR count). The number of pyridine rings is 1. The lowest BCUT2D eigenvalue weighted by Crippen LogP contribution is -2.21. The molecule has 1 aromatic rings. The number of nitrogens with two attached hydrogens (primary N) is 1. The number of aromatic nitrogens is 1. The van der Waals surface area contributed by atoms with Gasteiger partial charge >= 0.3 is 0 Å². The number of hydrogen-bond donors (Lipinski definition) is 2. The van der Waals surface area contributed by atoms with E-state index in [-0.39, 0.29) is 6.54 Å². The molecular formula is C6H7ClFN3. The summed E-state index contributed by atoms with van der Waals surface area (Å²) in [6.45, 7) is 0.222. The molecular weight excluding hydrogens is 169 g/mol. The SMILES string of the molecule is NNCc1cc(Cl)cnc1F. The maximum atomic E-state index is 12.7. The van der Waals surface area contributed by atoms with E-state index in [1.54, 1.807) is 0 Å². The van der Waals surface area contributed by atoms with E-state index < -0.39 is 5.95 Å². The molecule has 3 nitrogen and oxygen atoms in total. The molecule has 0 radical (unpaired) electrons. The molecule has 0 fully saturated rings. The van der Waals surface area contributed by atoms with Crippen molar-refractivity contribution in [2.45, 2.75) is 6.54 Å². The first-order valence-corrected chi connectivity index (χ1v) is 3.35. The minimum Gasteiger partial charge on any atom is -0.271 e. The summed E-state index contributed by atoms with van der Waals surface area (Å²) < 4.78 is 12.7. The highest BCUT2D eigenvalue weighted by Gasteiger charge is 2.01. The summed E-state index contributed by atoms with van der Waals surface area (Å²) in [6.07, 6.45) is 1.25. The predicted molar refractivity (Wildman–Crippen MR) is 40.2 cm³/mol. The molecule has 0 atom stereocenters. The van der Waals surface area contributed by atoms with E-state index in [9.17, 15) is 4.39 Å². The van der Waals surface area contributed by atoms with Crippen molar-refractivity contribution in [2.24, 2.45) is 5.84 Å². The fourth-order valence-corrected chi connectivity index (χ4v) is 0.879. The molecule has 60 valence electrons. The molecule has 0 saturated heterocycles. The van der Waals surface area contributed by atoms with Crippen molar-refractivity contribution in [2.75, 3.05) is 0 Å². The van der Waals surface area contributed by atoms with Crippen molar-refractivity contribution in [3.05, 3.63) is 28.8 Å². The average molecular weight is 176 g/mol. The predicted octanol–water partition coefficient (Wildman–Crippen LogP) is 0.837. The van der Waals surface area contributed by atoms with Crippen molar-refractivity contribution < 1.29 is 4.39 Å². The van der Waals surface area contributed by atoms with E-state index in [4.69, 9.17) is 17.4 Å². The van der Waals surface area contributed by atoms with Crippen molar-refractivity contribution in [3.8, 4) is 0 Å². The van der Waals surface area contributed by atoms with Crippen molar-refractivity contribution in [1.29, 1.82) is 0 Å². The molecule has 0 saturated carbocycles. The Morgan fingerprint density at radius 3 is 3.09 bits per heavy atom. The summed E-state index contributed by atoms with van der Waals surface area (Å²) in [5, 5.41) is 0.400. The van der Waals surface area contributed by atoms with Gasteiger partial charge < -0.3 is 0 Å². The van der Waals surface area contributed by atoms with Crippen molar-refractivity contribution in [1.82, 2.24) is 10.4 Å². The van der Waals surface area contributed by atoms with Gasteiger partial charge in [0.15, 0.2) is 0 Å². The molecule has 0 spiro atoms. The van der Waals surface area contributed by atoms with Crippen LogP contribution in [0.4, 0.5) is 4.39 Å². The van der Waals surface area contributed by atoms with Crippen LogP contribution in [-0.2, 0) is 6.54 Å². The largest absolute Gasteiger partial charge is 0.271 e. The molecule has 0 aliphatic heterocycles. The second kappa shape index (κ2) is 3.61. The third kappa shape index (κ3) is 2.11. The maximum Gasteiger partial charge on any atom is 0.217 e. The van der Waals surface area contributed by atoms with E-state index in [0.717, 1.165) is 0 Å². The van der Waals surface area contributed by atoms with Gasteiger partial charge in [-0.2, -0.15) is 4.39 Å². The van der Waals surface area contributed by atoms with E-state index in [2.05, 4.69) is 10.4 Å². The molecule has 0 aliphatic carbocycles. The molecule has 0 aromatic carbocycles. The molecule has 11 heavy (non-hydrogen) atoms. The average Bonchev–Trinajstić information content (AvgIpc) is 1.98. The Labute approximate surface area is 68.3 Å². The number of hydrazine groups is 1. The van der Waals surface area contributed by atoms with Crippen LogP contribution in [0.5, 0.6) is 0 Å². The van der Waals surface area contributed by atoms with Crippen LogP contribution in [0.25, 0.3) is 0 Å². The quantitative estimate of drug-likeness (QED) is 0.398. The lowest BCUT2D eigenvalue weighted by molar-refractivity contribution is 0.555. The van der Waals surface area contributed by atoms with Gasteiger partial charge in [-0.1, -0.05) is 11.6 Å². The van der Waals surface area contributed by atoms with Gasteiger partial charge in [-0.05, 0) is 6.07 Å². The number of hydrogen-bond acceptors (Lipinski definition) is 3. The molecule has 3 N–H and O–H groups in total. The minimum absolute atomic E-state index is 0.222. The first kappa shape index (κ1) is 8.39. The molecule has 1 aromatic heterocycles. The van der Waals surface area contributed by atoms with Gasteiger partial charge in [0.25, 0.3) is 0 Å². The number of nitrogens with one attached hydrogen (secondary N) is 1.